The van der Waals surface area contributed by atoms with E-state index >= 15 is 0 Å². The summed E-state index contributed by atoms with van der Waals surface area (Å²) in [5.74, 6) is 0. The van der Waals surface area contributed by atoms with E-state index in [1.807, 2.05) is 0 Å². The summed E-state index contributed by atoms with van der Waals surface area (Å²) in [5, 5.41) is 0. The summed E-state index contributed by atoms with van der Waals surface area (Å²) >= 11 is 0. The molecule has 1 rings (SSSR count). The van der Waals surface area contributed by atoms with Crippen molar-refractivity contribution in [3.8, 4) is 0 Å². The van der Waals surface area contributed by atoms with E-state index in [2.05, 4.69) is 60.8 Å². The van der Waals surface area contributed by atoms with Gasteiger partial charge < -0.3 is 0 Å². The predicted molar refractivity (Wildman–Crippen MR) is 64.2 cm³/mol. The Morgan fingerprint density at radius 1 is 0.357 bits per heavy atom. The Hall–Kier alpha value is -1.30. The maximum atomic E-state index is 2.27. The number of hydrogen-bond acceptors (Lipinski definition) is 0. The zero-order valence-electron chi connectivity index (χ0n) is 8.60. The molecular weight excluding hydrogens is 168 g/mol. The summed E-state index contributed by atoms with van der Waals surface area (Å²) < 4.78 is 0. The molecule has 0 N–H and O–H groups in total. The molecule has 1 aliphatic rings. The van der Waals surface area contributed by atoms with Gasteiger partial charge in [0.05, 0.1) is 0 Å². The summed E-state index contributed by atoms with van der Waals surface area (Å²) in [5.41, 5.74) is 0. The van der Waals surface area contributed by atoms with Crippen LogP contribution < -0.4 is 0 Å². The van der Waals surface area contributed by atoms with Gasteiger partial charge in [-0.1, -0.05) is 60.8 Å². The lowest BCUT2D eigenvalue weighted by Gasteiger charge is -1.88. The van der Waals surface area contributed by atoms with Gasteiger partial charge >= 0.3 is 0 Å². The van der Waals surface area contributed by atoms with Crippen LogP contribution in [0, 0.1) is 0 Å². The van der Waals surface area contributed by atoms with Crippen molar-refractivity contribution in [1.29, 1.82) is 0 Å². The SMILES string of the molecule is C1=C/C=C/CC/C=C\CC/C=C/C=C1. The highest BCUT2D eigenvalue weighted by atomic mass is 13.8. The Labute approximate surface area is 87.0 Å². The third-order valence-electron chi connectivity index (χ3n) is 1.99. The van der Waals surface area contributed by atoms with E-state index in [-0.39, 0.29) is 0 Å². The fourth-order valence-electron chi connectivity index (χ4n) is 1.23. The topological polar surface area (TPSA) is 0 Å². The lowest BCUT2D eigenvalue weighted by molar-refractivity contribution is 1.00. The lowest BCUT2D eigenvalue weighted by atomic mass is 10.2. The van der Waals surface area contributed by atoms with Gasteiger partial charge in [-0.2, -0.15) is 0 Å². The van der Waals surface area contributed by atoms with Gasteiger partial charge in [-0.25, -0.2) is 0 Å². The quantitative estimate of drug-likeness (QED) is 0.494. The molecule has 0 spiro atoms. The molecule has 0 nitrogen and oxygen atoms in total. The van der Waals surface area contributed by atoms with Crippen LogP contribution >= 0.6 is 0 Å². The molecule has 74 valence electrons. The third-order valence-corrected chi connectivity index (χ3v) is 1.99. The highest BCUT2D eigenvalue weighted by Gasteiger charge is 1.78. The summed E-state index contributed by atoms with van der Waals surface area (Å²) in [7, 11) is 0. The first-order valence-electron chi connectivity index (χ1n) is 5.30. The molecule has 0 saturated carbocycles. The smallest absolute Gasteiger partial charge is 0.0313 e. The van der Waals surface area contributed by atoms with Gasteiger partial charge in [0.1, 0.15) is 0 Å². The minimum Gasteiger partial charge on any atom is -0.0882 e. The van der Waals surface area contributed by atoms with Crippen LogP contribution in [0.3, 0.4) is 0 Å². The Bertz CT molecular complexity index is 234. The standard InChI is InChI=1S/C14H18/c1-2-4-6-8-10-12-14-13-11-9-7-5-3-1/h1-8,13-14H,9-12H2/b3-1?,4-2?,7-5+,8-6+,14-13-. The molecule has 0 heteroatoms. The molecule has 14 heavy (non-hydrogen) atoms. The maximum absolute atomic E-state index is 2.27. The Morgan fingerprint density at radius 2 is 0.714 bits per heavy atom. The van der Waals surface area contributed by atoms with Crippen molar-refractivity contribution in [2.24, 2.45) is 0 Å². The first kappa shape index (κ1) is 10.8. The second-order valence-electron chi connectivity index (χ2n) is 3.25. The molecule has 1 aliphatic carbocycles. The van der Waals surface area contributed by atoms with E-state index in [9.17, 15) is 0 Å². The van der Waals surface area contributed by atoms with E-state index in [0.717, 1.165) is 25.7 Å². The average molecular weight is 186 g/mol. The highest BCUT2D eigenvalue weighted by Crippen LogP contribution is 1.98. The summed E-state index contributed by atoms with van der Waals surface area (Å²) in [6, 6.07) is 0. The fourth-order valence-corrected chi connectivity index (χ4v) is 1.23. The van der Waals surface area contributed by atoms with Crippen molar-refractivity contribution in [2.45, 2.75) is 25.7 Å². The molecule has 0 radical (unpaired) electrons. The van der Waals surface area contributed by atoms with Crippen molar-refractivity contribution in [1.82, 2.24) is 0 Å². The molecule has 0 saturated heterocycles. The van der Waals surface area contributed by atoms with Crippen LogP contribution in [0.4, 0.5) is 0 Å². The van der Waals surface area contributed by atoms with Crippen molar-refractivity contribution < 1.29 is 0 Å². The van der Waals surface area contributed by atoms with Crippen LogP contribution in [0.25, 0.3) is 0 Å². The van der Waals surface area contributed by atoms with Gasteiger partial charge in [-0.15, -0.1) is 0 Å². The van der Waals surface area contributed by atoms with Crippen LogP contribution in [0.5, 0.6) is 0 Å². The van der Waals surface area contributed by atoms with Gasteiger partial charge in [-0.05, 0) is 25.7 Å². The largest absolute Gasteiger partial charge is 0.0882 e. The predicted octanol–water partition coefficient (Wildman–Crippen LogP) is 4.34. The van der Waals surface area contributed by atoms with Gasteiger partial charge in [0.2, 0.25) is 0 Å². The van der Waals surface area contributed by atoms with Crippen molar-refractivity contribution >= 4 is 0 Å². The van der Waals surface area contributed by atoms with Crippen LogP contribution in [0.1, 0.15) is 25.7 Å². The van der Waals surface area contributed by atoms with E-state index in [0.29, 0.717) is 0 Å². The number of hydrogen-bond donors (Lipinski definition) is 0. The summed E-state index contributed by atoms with van der Waals surface area (Å²) in [6.45, 7) is 0. The van der Waals surface area contributed by atoms with E-state index in [4.69, 9.17) is 0 Å². The maximum Gasteiger partial charge on any atom is -0.0313 e. The Kier molecular flexibility index (Phi) is 6.39. The van der Waals surface area contributed by atoms with Crippen molar-refractivity contribution in [3.63, 3.8) is 0 Å². The third kappa shape index (κ3) is 6.24. The minimum absolute atomic E-state index is 1.14. The Morgan fingerprint density at radius 3 is 1.21 bits per heavy atom. The molecule has 0 fully saturated rings. The molecule has 0 bridgehead atoms. The van der Waals surface area contributed by atoms with E-state index < -0.39 is 0 Å². The van der Waals surface area contributed by atoms with Crippen molar-refractivity contribution in [2.75, 3.05) is 0 Å². The second kappa shape index (κ2) is 8.31. The number of rotatable bonds is 0. The Balaban J connectivity index is 2.46. The highest BCUT2D eigenvalue weighted by molar-refractivity contribution is 5.15. The monoisotopic (exact) mass is 186 g/mol. The van der Waals surface area contributed by atoms with Crippen molar-refractivity contribution in [3.05, 3.63) is 60.8 Å². The molecule has 0 aromatic rings. The summed E-state index contributed by atoms with van der Waals surface area (Å²) in [6.07, 6.45) is 26.0. The van der Waals surface area contributed by atoms with Crippen LogP contribution in [-0.2, 0) is 0 Å². The van der Waals surface area contributed by atoms with Gasteiger partial charge in [0.25, 0.3) is 0 Å². The lowest BCUT2D eigenvalue weighted by Crippen LogP contribution is -1.68. The molecule has 0 aliphatic heterocycles. The normalized spacial score (nSPS) is 25.1. The molecule has 0 atom stereocenters. The molecule has 0 heterocycles. The zero-order valence-corrected chi connectivity index (χ0v) is 8.60. The molecule has 0 unspecified atom stereocenters. The zero-order chi connectivity index (χ0) is 9.90. The molecule has 0 amide bonds. The fraction of sp³-hybridized carbons (Fsp3) is 0.286. The van der Waals surface area contributed by atoms with Gasteiger partial charge in [0.15, 0.2) is 0 Å². The first-order valence-corrected chi connectivity index (χ1v) is 5.30. The van der Waals surface area contributed by atoms with Gasteiger partial charge in [0, 0.05) is 0 Å². The summed E-state index contributed by atoms with van der Waals surface area (Å²) in [4.78, 5) is 0. The molecular formula is C14H18. The molecule has 0 aromatic carbocycles. The van der Waals surface area contributed by atoms with Crippen LogP contribution in [0.2, 0.25) is 0 Å². The molecule has 0 aromatic heterocycles. The van der Waals surface area contributed by atoms with E-state index in [1.165, 1.54) is 0 Å². The van der Waals surface area contributed by atoms with Crippen LogP contribution in [-0.4, -0.2) is 0 Å². The van der Waals surface area contributed by atoms with Crippen LogP contribution in [0.15, 0.2) is 60.8 Å². The average Bonchev–Trinajstić information content (AvgIpc) is 2.22. The van der Waals surface area contributed by atoms with E-state index in [1.54, 1.807) is 0 Å². The first-order chi connectivity index (χ1) is 7.00. The van der Waals surface area contributed by atoms with Gasteiger partial charge in [-0.3, -0.25) is 0 Å². The minimum atomic E-state index is 1.14. The second-order valence-corrected chi connectivity index (χ2v) is 3.25. The number of allylic oxidation sites excluding steroid dienone is 10.